The molecule has 146 valence electrons. The van der Waals surface area contributed by atoms with Gasteiger partial charge < -0.3 is 10.1 Å². The van der Waals surface area contributed by atoms with Gasteiger partial charge in [-0.15, -0.1) is 0 Å². The predicted octanol–water partition coefficient (Wildman–Crippen LogP) is 3.10. The van der Waals surface area contributed by atoms with Crippen molar-refractivity contribution in [1.29, 1.82) is 0 Å². The number of sulfonamides is 1. The summed E-state index contributed by atoms with van der Waals surface area (Å²) in [5, 5.41) is 2.82. The molecule has 0 fully saturated rings. The molecular formula is C20H26N2O4S. The molecule has 6 nitrogen and oxygen atoms in total. The Morgan fingerprint density at radius 3 is 2.44 bits per heavy atom. The number of anilines is 1. The Hall–Kier alpha value is -2.38. The van der Waals surface area contributed by atoms with Gasteiger partial charge >= 0.3 is 0 Å². The first-order valence-electron chi connectivity index (χ1n) is 8.65. The van der Waals surface area contributed by atoms with E-state index in [0.717, 1.165) is 22.9 Å². The van der Waals surface area contributed by atoms with Crippen LogP contribution in [0, 0.1) is 13.8 Å². The quantitative estimate of drug-likeness (QED) is 0.751. The first-order valence-corrected chi connectivity index (χ1v) is 10.5. The first kappa shape index (κ1) is 20.9. The van der Waals surface area contributed by atoms with Crippen LogP contribution in [-0.4, -0.2) is 38.5 Å². The van der Waals surface area contributed by atoms with Crippen LogP contribution in [0.2, 0.25) is 0 Å². The zero-order chi connectivity index (χ0) is 20.0. The summed E-state index contributed by atoms with van der Waals surface area (Å²) in [5.74, 6) is 0.387. The molecule has 2 aromatic carbocycles. The summed E-state index contributed by atoms with van der Waals surface area (Å²) in [6.45, 7) is 4.22. The van der Waals surface area contributed by atoms with Crippen molar-refractivity contribution < 1.29 is 17.9 Å². The van der Waals surface area contributed by atoms with Gasteiger partial charge in [0, 0.05) is 30.8 Å². The fourth-order valence-corrected chi connectivity index (χ4v) is 3.45. The monoisotopic (exact) mass is 390 g/mol. The van der Waals surface area contributed by atoms with Gasteiger partial charge in [-0.1, -0.05) is 24.3 Å². The minimum Gasteiger partial charge on any atom is -0.496 e. The highest BCUT2D eigenvalue weighted by Gasteiger charge is 2.20. The average molecular weight is 391 g/mol. The van der Waals surface area contributed by atoms with Crippen molar-refractivity contribution in [3.8, 4) is 5.75 Å². The predicted molar refractivity (Wildman–Crippen MR) is 107 cm³/mol. The van der Waals surface area contributed by atoms with E-state index in [-0.39, 0.29) is 25.4 Å². The van der Waals surface area contributed by atoms with Gasteiger partial charge in [-0.25, -0.2) is 8.42 Å². The van der Waals surface area contributed by atoms with E-state index in [1.54, 1.807) is 13.2 Å². The summed E-state index contributed by atoms with van der Waals surface area (Å²) in [6.07, 6.45) is 1.21. The fraction of sp³-hybridized carbons (Fsp3) is 0.350. The molecule has 0 saturated heterocycles. The third-order valence-electron chi connectivity index (χ3n) is 4.39. The number of nitrogens with zero attached hydrogens (tertiary/aromatic N) is 1. The topological polar surface area (TPSA) is 75.7 Å². The number of methoxy groups -OCH3 is 1. The molecule has 0 unspecified atom stereocenters. The first-order chi connectivity index (χ1) is 12.7. The maximum absolute atomic E-state index is 12.3. The van der Waals surface area contributed by atoms with Crippen molar-refractivity contribution in [2.75, 3.05) is 25.2 Å². The van der Waals surface area contributed by atoms with E-state index in [2.05, 4.69) is 5.32 Å². The van der Waals surface area contributed by atoms with Crippen LogP contribution in [0.1, 0.15) is 23.1 Å². The van der Waals surface area contributed by atoms with Crippen molar-refractivity contribution in [2.24, 2.45) is 0 Å². The van der Waals surface area contributed by atoms with Crippen LogP contribution in [0.15, 0.2) is 42.5 Å². The third kappa shape index (κ3) is 6.08. The molecule has 2 rings (SSSR count). The Balaban J connectivity index is 2.04. The fourth-order valence-electron chi connectivity index (χ4n) is 2.65. The molecule has 0 atom stereocenters. The molecule has 27 heavy (non-hydrogen) atoms. The Morgan fingerprint density at radius 1 is 1.11 bits per heavy atom. The van der Waals surface area contributed by atoms with Crippen LogP contribution in [-0.2, 0) is 21.4 Å². The lowest BCUT2D eigenvalue weighted by molar-refractivity contribution is -0.116. The summed E-state index contributed by atoms with van der Waals surface area (Å²) in [4.78, 5) is 12.3. The van der Waals surface area contributed by atoms with E-state index in [1.165, 1.54) is 4.31 Å². The molecular weight excluding hydrogens is 364 g/mol. The highest BCUT2D eigenvalue weighted by Crippen LogP contribution is 2.21. The number of hydrogen-bond donors (Lipinski definition) is 1. The van der Waals surface area contributed by atoms with Gasteiger partial charge in [0.25, 0.3) is 0 Å². The molecule has 0 bridgehead atoms. The number of aryl methyl sites for hydroxylation is 2. The normalized spacial score (nSPS) is 11.4. The van der Waals surface area contributed by atoms with E-state index in [0.29, 0.717) is 11.4 Å². The lowest BCUT2D eigenvalue weighted by Gasteiger charge is -2.21. The van der Waals surface area contributed by atoms with Crippen molar-refractivity contribution in [3.05, 3.63) is 59.2 Å². The Kier molecular flexibility index (Phi) is 6.98. The second-order valence-corrected chi connectivity index (χ2v) is 8.49. The summed E-state index contributed by atoms with van der Waals surface area (Å²) < 4.78 is 30.8. The number of para-hydroxylation sites is 1. The number of amides is 1. The van der Waals surface area contributed by atoms with Crippen molar-refractivity contribution in [1.82, 2.24) is 4.31 Å². The summed E-state index contributed by atoms with van der Waals surface area (Å²) in [7, 11) is -1.93. The van der Waals surface area contributed by atoms with E-state index in [4.69, 9.17) is 4.74 Å². The van der Waals surface area contributed by atoms with E-state index < -0.39 is 10.0 Å². The molecule has 7 heteroatoms. The van der Waals surface area contributed by atoms with Crippen molar-refractivity contribution in [3.63, 3.8) is 0 Å². The summed E-state index contributed by atoms with van der Waals surface area (Å²) in [6, 6.07) is 12.9. The summed E-state index contributed by atoms with van der Waals surface area (Å²) >= 11 is 0. The molecule has 0 saturated carbocycles. The molecule has 0 aliphatic rings. The number of benzene rings is 2. The smallest absolute Gasteiger partial charge is 0.225 e. The number of ether oxygens (including phenoxy) is 1. The highest BCUT2D eigenvalue weighted by molar-refractivity contribution is 7.88. The van der Waals surface area contributed by atoms with Gasteiger partial charge in [0.05, 0.1) is 13.4 Å². The number of carbonyl (C=O) groups is 1. The zero-order valence-electron chi connectivity index (χ0n) is 16.2. The van der Waals surface area contributed by atoms with Gasteiger partial charge in [-0.3, -0.25) is 4.79 Å². The molecule has 0 aliphatic carbocycles. The minimum absolute atomic E-state index is 0.0646. The molecule has 0 aliphatic heterocycles. The molecule has 2 aromatic rings. The lowest BCUT2D eigenvalue weighted by Crippen LogP contribution is -2.32. The molecule has 0 spiro atoms. The van der Waals surface area contributed by atoms with Crippen LogP contribution in [0.5, 0.6) is 5.75 Å². The van der Waals surface area contributed by atoms with Gasteiger partial charge in [0.1, 0.15) is 5.75 Å². The van der Waals surface area contributed by atoms with Gasteiger partial charge in [-0.2, -0.15) is 4.31 Å². The highest BCUT2D eigenvalue weighted by atomic mass is 32.2. The average Bonchev–Trinajstić information content (AvgIpc) is 2.61. The molecule has 1 amide bonds. The largest absolute Gasteiger partial charge is 0.496 e. The van der Waals surface area contributed by atoms with E-state index >= 15 is 0 Å². The Labute approximate surface area is 161 Å². The van der Waals surface area contributed by atoms with Crippen LogP contribution < -0.4 is 10.1 Å². The molecule has 0 aromatic heterocycles. The maximum Gasteiger partial charge on any atom is 0.225 e. The van der Waals surface area contributed by atoms with E-state index in [1.807, 2.05) is 50.2 Å². The van der Waals surface area contributed by atoms with Crippen molar-refractivity contribution >= 4 is 21.6 Å². The van der Waals surface area contributed by atoms with Gasteiger partial charge in [-0.05, 0) is 43.2 Å². The van der Waals surface area contributed by atoms with Crippen LogP contribution in [0.3, 0.4) is 0 Å². The van der Waals surface area contributed by atoms with Crippen LogP contribution >= 0.6 is 0 Å². The minimum atomic E-state index is -3.47. The molecule has 1 N–H and O–H groups in total. The van der Waals surface area contributed by atoms with Gasteiger partial charge in [0.2, 0.25) is 15.9 Å². The number of rotatable bonds is 8. The lowest BCUT2D eigenvalue weighted by atomic mass is 10.1. The standard InChI is InChI=1S/C20H26N2O4S/c1-15-9-10-18(13-16(15)2)21-20(23)11-12-22(27(4,24)25)14-17-7-5-6-8-19(17)26-3/h5-10,13H,11-12,14H2,1-4H3,(H,21,23). The summed E-state index contributed by atoms with van der Waals surface area (Å²) in [5.41, 5.74) is 3.69. The van der Waals surface area contributed by atoms with Gasteiger partial charge in [0.15, 0.2) is 0 Å². The van der Waals surface area contributed by atoms with Crippen molar-refractivity contribution in [2.45, 2.75) is 26.8 Å². The Morgan fingerprint density at radius 2 is 1.81 bits per heavy atom. The van der Waals surface area contributed by atoms with E-state index in [9.17, 15) is 13.2 Å². The third-order valence-corrected chi connectivity index (χ3v) is 5.64. The second kappa shape index (κ2) is 9.01. The number of nitrogens with one attached hydrogen (secondary N) is 1. The second-order valence-electron chi connectivity index (χ2n) is 6.51. The SMILES string of the molecule is COc1ccccc1CN(CCC(=O)Nc1ccc(C)c(C)c1)S(C)(=O)=O. The number of hydrogen-bond acceptors (Lipinski definition) is 4. The van der Waals surface area contributed by atoms with Crippen LogP contribution in [0.25, 0.3) is 0 Å². The Bertz CT molecular complexity index is 910. The number of carbonyl (C=O) groups excluding carboxylic acids is 1. The molecule has 0 radical (unpaired) electrons. The molecule has 0 heterocycles. The van der Waals surface area contributed by atoms with Crippen LogP contribution in [0.4, 0.5) is 5.69 Å². The zero-order valence-corrected chi connectivity index (χ0v) is 17.0. The maximum atomic E-state index is 12.3.